The lowest BCUT2D eigenvalue weighted by atomic mass is 10.2. The fraction of sp³-hybridized carbons (Fsp3) is 0.533. The maximum absolute atomic E-state index is 12.7. The Balaban J connectivity index is 1.94. The molecule has 0 aromatic heterocycles. The Morgan fingerprint density at radius 2 is 1.86 bits per heavy atom. The maximum Gasteiger partial charge on any atom is 0.243 e. The van der Waals surface area contributed by atoms with Crippen molar-refractivity contribution in [1.29, 1.82) is 0 Å². The molecule has 1 aromatic carbocycles. The van der Waals surface area contributed by atoms with E-state index in [4.69, 9.17) is 4.74 Å². The first-order valence-corrected chi connectivity index (χ1v) is 8.99. The van der Waals surface area contributed by atoms with Gasteiger partial charge in [-0.3, -0.25) is 4.79 Å². The van der Waals surface area contributed by atoms with Gasteiger partial charge in [-0.25, -0.2) is 8.42 Å². The summed E-state index contributed by atoms with van der Waals surface area (Å²) in [5.74, 6) is 0.385. The van der Waals surface area contributed by atoms with Gasteiger partial charge in [0.15, 0.2) is 0 Å². The lowest BCUT2D eigenvalue weighted by Crippen LogP contribution is -2.37. The monoisotopic (exact) mass is 324 g/mol. The smallest absolute Gasteiger partial charge is 0.243 e. The molecule has 2 aliphatic rings. The molecule has 1 amide bonds. The van der Waals surface area contributed by atoms with Gasteiger partial charge in [0, 0.05) is 26.1 Å². The second kappa shape index (κ2) is 5.89. The van der Waals surface area contributed by atoms with E-state index in [-0.39, 0.29) is 10.8 Å². The molecule has 2 aliphatic heterocycles. The van der Waals surface area contributed by atoms with E-state index in [1.165, 1.54) is 17.3 Å². The summed E-state index contributed by atoms with van der Waals surface area (Å²) in [6.07, 6.45) is 2.88. The Bertz CT molecular complexity index is 681. The second-order valence-corrected chi connectivity index (χ2v) is 7.55. The molecule has 0 aliphatic carbocycles. The van der Waals surface area contributed by atoms with Crippen molar-refractivity contribution in [2.24, 2.45) is 0 Å². The quantitative estimate of drug-likeness (QED) is 0.829. The molecule has 2 heterocycles. The number of sulfonamides is 1. The van der Waals surface area contributed by atoms with E-state index < -0.39 is 10.0 Å². The lowest BCUT2D eigenvalue weighted by molar-refractivity contribution is -0.116. The van der Waals surface area contributed by atoms with Crippen LogP contribution in [0.2, 0.25) is 0 Å². The highest BCUT2D eigenvalue weighted by Crippen LogP contribution is 2.34. The van der Waals surface area contributed by atoms with E-state index in [1.54, 1.807) is 17.0 Å². The van der Waals surface area contributed by atoms with Crippen LogP contribution in [-0.2, 0) is 14.8 Å². The molecule has 0 unspecified atom stereocenters. The SMILES string of the molecule is CC(=O)N1CCOc2cc(S(=O)(=O)N3CCCCC3)ccc21. The third-order valence-electron chi connectivity index (χ3n) is 4.13. The highest BCUT2D eigenvalue weighted by Gasteiger charge is 2.28. The first-order chi connectivity index (χ1) is 10.5. The molecule has 0 N–H and O–H groups in total. The molecule has 0 atom stereocenters. The average Bonchev–Trinajstić information content (AvgIpc) is 2.54. The number of rotatable bonds is 2. The Morgan fingerprint density at radius 3 is 2.55 bits per heavy atom. The summed E-state index contributed by atoms with van der Waals surface area (Å²) < 4.78 is 32.4. The Hall–Kier alpha value is -1.60. The standard InChI is InChI=1S/C15H20N2O4S/c1-12(18)17-9-10-21-15-11-13(5-6-14(15)17)22(19,20)16-7-3-2-4-8-16/h5-6,11H,2-4,7-10H2,1H3. The predicted molar refractivity (Wildman–Crippen MR) is 82.6 cm³/mol. The average molecular weight is 324 g/mol. The molecule has 3 rings (SSSR count). The molecule has 0 saturated carbocycles. The van der Waals surface area contributed by atoms with Crippen molar-refractivity contribution in [3.8, 4) is 5.75 Å². The Labute approximate surface area is 130 Å². The van der Waals surface area contributed by atoms with E-state index in [0.717, 1.165) is 19.3 Å². The van der Waals surface area contributed by atoms with Crippen LogP contribution in [0.15, 0.2) is 23.1 Å². The number of carbonyl (C=O) groups is 1. The van der Waals surface area contributed by atoms with E-state index in [9.17, 15) is 13.2 Å². The zero-order valence-electron chi connectivity index (χ0n) is 12.6. The predicted octanol–water partition coefficient (Wildman–Crippen LogP) is 1.61. The minimum Gasteiger partial charge on any atom is -0.489 e. The number of piperidine rings is 1. The third kappa shape index (κ3) is 2.70. The van der Waals surface area contributed by atoms with Gasteiger partial charge in [-0.1, -0.05) is 6.42 Å². The summed E-state index contributed by atoms with van der Waals surface area (Å²) in [6.45, 7) is 3.49. The normalized spacial score (nSPS) is 19.4. The first kappa shape index (κ1) is 15.3. The third-order valence-corrected chi connectivity index (χ3v) is 6.02. The van der Waals surface area contributed by atoms with Crippen LogP contribution in [0.3, 0.4) is 0 Å². The zero-order chi connectivity index (χ0) is 15.7. The molecule has 1 saturated heterocycles. The number of fused-ring (bicyclic) bond motifs is 1. The highest BCUT2D eigenvalue weighted by atomic mass is 32.2. The van der Waals surface area contributed by atoms with Gasteiger partial charge in [-0.15, -0.1) is 0 Å². The van der Waals surface area contributed by atoms with Crippen molar-refractivity contribution in [1.82, 2.24) is 4.31 Å². The van der Waals surface area contributed by atoms with Crippen LogP contribution in [0.25, 0.3) is 0 Å². The maximum atomic E-state index is 12.7. The molecule has 1 aromatic rings. The Kier molecular flexibility index (Phi) is 4.10. The van der Waals surface area contributed by atoms with Crippen molar-refractivity contribution >= 4 is 21.6 Å². The molecule has 6 nitrogen and oxygen atoms in total. The van der Waals surface area contributed by atoms with E-state index >= 15 is 0 Å². The van der Waals surface area contributed by atoms with Crippen molar-refractivity contribution in [3.63, 3.8) is 0 Å². The van der Waals surface area contributed by atoms with Gasteiger partial charge in [0.05, 0.1) is 17.1 Å². The minimum atomic E-state index is -3.48. The molecule has 0 radical (unpaired) electrons. The number of anilines is 1. The van der Waals surface area contributed by atoms with Crippen LogP contribution in [0.5, 0.6) is 5.75 Å². The number of benzene rings is 1. The van der Waals surface area contributed by atoms with Gasteiger partial charge < -0.3 is 9.64 Å². The summed E-state index contributed by atoms with van der Waals surface area (Å²) >= 11 is 0. The molecule has 120 valence electrons. The van der Waals surface area contributed by atoms with Gasteiger partial charge in [0.25, 0.3) is 0 Å². The van der Waals surface area contributed by atoms with Crippen molar-refractivity contribution in [2.45, 2.75) is 31.1 Å². The van der Waals surface area contributed by atoms with Crippen LogP contribution in [0.1, 0.15) is 26.2 Å². The summed E-state index contributed by atoms with van der Waals surface area (Å²) in [6, 6.07) is 4.76. The van der Waals surface area contributed by atoms with Crippen molar-refractivity contribution in [3.05, 3.63) is 18.2 Å². The van der Waals surface area contributed by atoms with Gasteiger partial charge in [-0.2, -0.15) is 4.31 Å². The topological polar surface area (TPSA) is 66.9 Å². The number of hydrogen-bond donors (Lipinski definition) is 0. The van der Waals surface area contributed by atoms with Gasteiger partial charge in [0.2, 0.25) is 15.9 Å². The lowest BCUT2D eigenvalue weighted by Gasteiger charge is -2.30. The van der Waals surface area contributed by atoms with Gasteiger partial charge in [-0.05, 0) is 25.0 Å². The van der Waals surface area contributed by atoms with E-state index in [1.807, 2.05) is 0 Å². The van der Waals surface area contributed by atoms with Crippen molar-refractivity contribution in [2.75, 3.05) is 31.1 Å². The van der Waals surface area contributed by atoms with Crippen LogP contribution < -0.4 is 9.64 Å². The summed E-state index contributed by atoms with van der Waals surface area (Å²) in [4.78, 5) is 13.5. The fourth-order valence-corrected chi connectivity index (χ4v) is 4.48. The Morgan fingerprint density at radius 1 is 1.14 bits per heavy atom. The summed E-state index contributed by atoms with van der Waals surface area (Å²) in [5.41, 5.74) is 0.636. The number of hydrogen-bond acceptors (Lipinski definition) is 4. The number of ether oxygens (including phenoxy) is 1. The number of amides is 1. The van der Waals surface area contributed by atoms with Crippen LogP contribution >= 0.6 is 0 Å². The number of nitrogens with zero attached hydrogens (tertiary/aromatic N) is 2. The minimum absolute atomic E-state index is 0.0730. The van der Waals surface area contributed by atoms with E-state index in [0.29, 0.717) is 37.7 Å². The summed E-state index contributed by atoms with van der Waals surface area (Å²) in [5, 5.41) is 0. The molecular weight excluding hydrogens is 304 g/mol. The zero-order valence-corrected chi connectivity index (χ0v) is 13.4. The largest absolute Gasteiger partial charge is 0.489 e. The highest BCUT2D eigenvalue weighted by molar-refractivity contribution is 7.89. The van der Waals surface area contributed by atoms with Crippen LogP contribution in [0, 0.1) is 0 Å². The van der Waals surface area contributed by atoms with Gasteiger partial charge >= 0.3 is 0 Å². The molecule has 1 fully saturated rings. The molecule has 0 spiro atoms. The first-order valence-electron chi connectivity index (χ1n) is 7.55. The van der Waals surface area contributed by atoms with Crippen LogP contribution in [0.4, 0.5) is 5.69 Å². The molecule has 22 heavy (non-hydrogen) atoms. The molecule has 7 heteroatoms. The van der Waals surface area contributed by atoms with Crippen molar-refractivity contribution < 1.29 is 17.9 Å². The van der Waals surface area contributed by atoms with Gasteiger partial charge in [0.1, 0.15) is 12.4 Å². The molecule has 0 bridgehead atoms. The summed E-state index contributed by atoms with van der Waals surface area (Å²) in [7, 11) is -3.48. The molecular formula is C15H20N2O4S. The van der Waals surface area contributed by atoms with Crippen LogP contribution in [-0.4, -0.2) is 44.9 Å². The second-order valence-electron chi connectivity index (χ2n) is 5.61. The van der Waals surface area contributed by atoms with E-state index in [2.05, 4.69) is 0 Å². The number of carbonyl (C=O) groups excluding carboxylic acids is 1. The fourth-order valence-electron chi connectivity index (χ4n) is 2.94.